The zero-order valence-electron chi connectivity index (χ0n) is 19.5. The minimum absolute atomic E-state index is 0.130. The summed E-state index contributed by atoms with van der Waals surface area (Å²) in [5.74, 6) is -0.807. The summed E-state index contributed by atoms with van der Waals surface area (Å²) in [5, 5.41) is 14.4. The van der Waals surface area contributed by atoms with E-state index in [0.29, 0.717) is 24.3 Å². The molecule has 1 heterocycles. The number of hydrogen-bond acceptors (Lipinski definition) is 4. The van der Waals surface area contributed by atoms with Gasteiger partial charge in [0, 0.05) is 35.6 Å². The molecule has 3 N–H and O–H groups in total. The van der Waals surface area contributed by atoms with Crippen molar-refractivity contribution >= 4 is 40.1 Å². The minimum Gasteiger partial charge on any atom is -0.490 e. The number of fused-ring (bicyclic) bond motifs is 1. The summed E-state index contributed by atoms with van der Waals surface area (Å²) in [4.78, 5) is 15.1. The fourth-order valence-corrected chi connectivity index (χ4v) is 4.45. The number of ether oxygens (including phenoxy) is 2. The van der Waals surface area contributed by atoms with Crippen molar-refractivity contribution in [2.45, 2.75) is 32.5 Å². The third kappa shape index (κ3) is 5.93. The summed E-state index contributed by atoms with van der Waals surface area (Å²) >= 11 is 12.6. The first-order valence-corrected chi connectivity index (χ1v) is 12.1. The van der Waals surface area contributed by atoms with Gasteiger partial charge in [0.25, 0.3) is 0 Å². The highest BCUT2D eigenvalue weighted by atomic mass is 35.5. The Hall–Kier alpha value is -3.26. The van der Waals surface area contributed by atoms with Crippen LogP contribution < -0.4 is 14.8 Å². The summed E-state index contributed by atoms with van der Waals surface area (Å²) in [6.07, 6.45) is 2.14. The summed E-state index contributed by atoms with van der Waals surface area (Å²) in [5.41, 5.74) is 2.79. The van der Waals surface area contributed by atoms with Crippen LogP contribution >= 0.6 is 23.2 Å². The van der Waals surface area contributed by atoms with Crippen LogP contribution in [0.1, 0.15) is 23.6 Å². The van der Waals surface area contributed by atoms with Crippen molar-refractivity contribution < 1.29 is 23.8 Å². The molecular formula is C27H25Cl2FN2O4. The Balaban J connectivity index is 1.49. The van der Waals surface area contributed by atoms with Crippen molar-refractivity contribution in [1.82, 2.24) is 10.3 Å². The van der Waals surface area contributed by atoms with Gasteiger partial charge in [0.1, 0.15) is 18.5 Å². The first-order chi connectivity index (χ1) is 17.4. The molecule has 9 heteroatoms. The van der Waals surface area contributed by atoms with Gasteiger partial charge in [-0.3, -0.25) is 4.79 Å². The fraction of sp³-hybridized carbons (Fsp3) is 0.222. The zero-order chi connectivity index (χ0) is 25.7. The number of aromatic nitrogens is 1. The molecule has 4 rings (SSSR count). The Kier molecular flexibility index (Phi) is 8.36. The number of benzene rings is 3. The van der Waals surface area contributed by atoms with Crippen LogP contribution in [0, 0.1) is 5.82 Å². The van der Waals surface area contributed by atoms with Gasteiger partial charge in [-0.05, 0) is 48.4 Å². The lowest BCUT2D eigenvalue weighted by molar-refractivity contribution is -0.139. The van der Waals surface area contributed by atoms with Crippen molar-refractivity contribution in [3.63, 3.8) is 0 Å². The van der Waals surface area contributed by atoms with Crippen molar-refractivity contribution in [3.8, 4) is 11.5 Å². The van der Waals surface area contributed by atoms with E-state index in [2.05, 4.69) is 10.3 Å². The molecule has 4 aromatic rings. The largest absolute Gasteiger partial charge is 0.490 e. The average Bonchev–Trinajstić information content (AvgIpc) is 3.25. The third-order valence-electron chi connectivity index (χ3n) is 5.74. The molecule has 0 amide bonds. The molecule has 0 spiro atoms. The van der Waals surface area contributed by atoms with Crippen LogP contribution in [0.2, 0.25) is 10.0 Å². The van der Waals surface area contributed by atoms with Crippen LogP contribution in [-0.2, 0) is 24.4 Å². The third-order valence-corrected chi connectivity index (χ3v) is 6.38. The number of carbonyl (C=O) groups is 1. The predicted molar refractivity (Wildman–Crippen MR) is 139 cm³/mol. The van der Waals surface area contributed by atoms with E-state index in [1.807, 2.05) is 37.4 Å². The molecule has 0 saturated carbocycles. The van der Waals surface area contributed by atoms with Gasteiger partial charge in [0.05, 0.1) is 16.7 Å². The van der Waals surface area contributed by atoms with Gasteiger partial charge in [0.2, 0.25) is 0 Å². The Morgan fingerprint density at radius 3 is 2.67 bits per heavy atom. The van der Waals surface area contributed by atoms with Crippen molar-refractivity contribution in [2.24, 2.45) is 0 Å². The van der Waals surface area contributed by atoms with Crippen LogP contribution in [0.5, 0.6) is 11.5 Å². The molecule has 0 aliphatic heterocycles. The summed E-state index contributed by atoms with van der Waals surface area (Å²) in [6, 6.07) is 14.7. The van der Waals surface area contributed by atoms with E-state index >= 15 is 0 Å². The molecule has 1 aromatic heterocycles. The Bertz CT molecular complexity index is 1360. The molecule has 0 fully saturated rings. The molecule has 0 aliphatic rings. The number of halogens is 3. The second kappa shape index (κ2) is 11.6. The molecule has 1 atom stereocenters. The first-order valence-electron chi connectivity index (χ1n) is 11.4. The van der Waals surface area contributed by atoms with Crippen molar-refractivity contribution in [3.05, 3.63) is 93.3 Å². The lowest BCUT2D eigenvalue weighted by Gasteiger charge is -2.18. The standard InChI is InChI=1S/C27H25Cl2FN2O4/c1-2-35-25-11-16(10-21(29)26(25)36-15-19-20(28)7-5-8-22(19)30)13-31-24(27(33)34)12-17-14-32-23-9-4-3-6-18(17)23/h3-11,14,24,31-32H,2,12-13,15H2,1H3,(H,33,34)/t24-/m1/s1. The number of para-hydroxylation sites is 1. The van der Waals surface area contributed by atoms with Gasteiger partial charge < -0.3 is 24.9 Å². The zero-order valence-corrected chi connectivity index (χ0v) is 21.0. The van der Waals surface area contributed by atoms with Crippen LogP contribution in [0.4, 0.5) is 4.39 Å². The monoisotopic (exact) mass is 530 g/mol. The Morgan fingerprint density at radius 2 is 1.92 bits per heavy atom. The first kappa shape index (κ1) is 25.8. The number of rotatable bonds is 11. The molecule has 6 nitrogen and oxygen atoms in total. The second-order valence-corrected chi connectivity index (χ2v) is 8.98. The van der Waals surface area contributed by atoms with E-state index in [4.69, 9.17) is 32.7 Å². The molecule has 0 unspecified atom stereocenters. The van der Waals surface area contributed by atoms with Gasteiger partial charge in [-0.15, -0.1) is 0 Å². The smallest absolute Gasteiger partial charge is 0.321 e. The van der Waals surface area contributed by atoms with Gasteiger partial charge in [-0.25, -0.2) is 4.39 Å². The number of nitrogens with one attached hydrogen (secondary N) is 2. The van der Waals surface area contributed by atoms with Gasteiger partial charge >= 0.3 is 5.97 Å². The minimum atomic E-state index is -0.960. The molecule has 0 radical (unpaired) electrons. The van der Waals surface area contributed by atoms with Crippen LogP contribution in [0.15, 0.2) is 60.8 Å². The second-order valence-electron chi connectivity index (χ2n) is 8.16. The Morgan fingerprint density at radius 1 is 1.11 bits per heavy atom. The quantitative estimate of drug-likeness (QED) is 0.209. The normalized spacial score (nSPS) is 12.0. The highest BCUT2D eigenvalue weighted by molar-refractivity contribution is 6.32. The van der Waals surface area contributed by atoms with Gasteiger partial charge in [-0.1, -0.05) is 47.5 Å². The summed E-state index contributed by atoms with van der Waals surface area (Å²) in [6.45, 7) is 2.27. The van der Waals surface area contributed by atoms with E-state index in [0.717, 1.165) is 16.5 Å². The molecule has 188 valence electrons. The predicted octanol–water partition coefficient (Wildman–Crippen LogP) is 6.38. The summed E-state index contributed by atoms with van der Waals surface area (Å²) < 4.78 is 25.7. The average molecular weight is 531 g/mol. The number of hydrogen-bond donors (Lipinski definition) is 3. The maximum absolute atomic E-state index is 14.1. The van der Waals surface area contributed by atoms with E-state index in [-0.39, 0.29) is 34.5 Å². The molecule has 36 heavy (non-hydrogen) atoms. The highest BCUT2D eigenvalue weighted by Gasteiger charge is 2.21. The van der Waals surface area contributed by atoms with E-state index in [1.165, 1.54) is 12.1 Å². The molecule has 3 aromatic carbocycles. The maximum atomic E-state index is 14.1. The number of aliphatic carboxylic acids is 1. The highest BCUT2D eigenvalue weighted by Crippen LogP contribution is 2.38. The molecular weight excluding hydrogens is 506 g/mol. The number of carboxylic acid groups (broad SMARTS) is 1. The lowest BCUT2D eigenvalue weighted by atomic mass is 10.0. The lowest BCUT2D eigenvalue weighted by Crippen LogP contribution is -2.38. The molecule has 0 aliphatic carbocycles. The van der Waals surface area contributed by atoms with Crippen molar-refractivity contribution in [2.75, 3.05) is 6.61 Å². The SMILES string of the molecule is CCOc1cc(CN[C@H](Cc2c[nH]c3ccccc23)C(=O)O)cc(Cl)c1OCc1c(F)cccc1Cl. The van der Waals surface area contributed by atoms with Gasteiger partial charge in [0.15, 0.2) is 11.5 Å². The van der Waals surface area contributed by atoms with Gasteiger partial charge in [-0.2, -0.15) is 0 Å². The number of aromatic amines is 1. The van der Waals surface area contributed by atoms with Crippen LogP contribution in [0.3, 0.4) is 0 Å². The summed E-state index contributed by atoms with van der Waals surface area (Å²) in [7, 11) is 0. The van der Waals surface area contributed by atoms with E-state index < -0.39 is 17.8 Å². The van der Waals surface area contributed by atoms with E-state index in [9.17, 15) is 14.3 Å². The number of H-pyrrole nitrogens is 1. The van der Waals surface area contributed by atoms with Crippen LogP contribution in [-0.4, -0.2) is 28.7 Å². The Labute approximate surface area is 217 Å². The topological polar surface area (TPSA) is 83.6 Å². The molecule has 0 bridgehead atoms. The van der Waals surface area contributed by atoms with Crippen LogP contribution in [0.25, 0.3) is 10.9 Å². The van der Waals surface area contributed by atoms with E-state index in [1.54, 1.807) is 18.2 Å². The fourth-order valence-electron chi connectivity index (χ4n) is 3.95. The maximum Gasteiger partial charge on any atom is 0.321 e. The number of carboxylic acids is 1. The van der Waals surface area contributed by atoms with Crippen molar-refractivity contribution in [1.29, 1.82) is 0 Å². The molecule has 0 saturated heterocycles.